The molecule has 1 aromatic carbocycles. The topological polar surface area (TPSA) is 95.9 Å². The second kappa shape index (κ2) is 8.02. The first kappa shape index (κ1) is 17.5. The summed E-state index contributed by atoms with van der Waals surface area (Å²) in [6.07, 6.45) is 0.499. The van der Waals surface area contributed by atoms with Gasteiger partial charge in [-0.05, 0) is 24.1 Å². The molecule has 120 valence electrons. The van der Waals surface area contributed by atoms with Crippen molar-refractivity contribution in [2.45, 2.75) is 13.3 Å². The second-order valence-corrected chi connectivity index (χ2v) is 4.81. The molecule has 0 bridgehead atoms. The first-order chi connectivity index (χ1) is 10.3. The minimum Gasteiger partial charge on any atom is -0.496 e. The van der Waals surface area contributed by atoms with Gasteiger partial charge in [-0.15, -0.1) is 0 Å². The number of aromatic carboxylic acids is 1. The van der Waals surface area contributed by atoms with Crippen molar-refractivity contribution in [2.75, 3.05) is 27.2 Å². The summed E-state index contributed by atoms with van der Waals surface area (Å²) in [6, 6.07) is 4.60. The Labute approximate surface area is 128 Å². The van der Waals surface area contributed by atoms with Gasteiger partial charge < -0.3 is 20.1 Å². The van der Waals surface area contributed by atoms with E-state index in [4.69, 9.17) is 9.84 Å². The number of rotatable bonds is 7. The maximum Gasteiger partial charge on any atom is 0.335 e. The number of carboxylic acids is 1. The number of carboxylic acid groups (broad SMARTS) is 1. The number of methoxy groups -OCH3 is 1. The number of hydrogen-bond acceptors (Lipinski definition) is 4. The van der Waals surface area contributed by atoms with Crippen LogP contribution in [0.1, 0.15) is 22.8 Å². The van der Waals surface area contributed by atoms with E-state index >= 15 is 0 Å². The first-order valence-electron chi connectivity index (χ1n) is 6.73. The van der Waals surface area contributed by atoms with Gasteiger partial charge in [-0.1, -0.05) is 6.07 Å². The highest BCUT2D eigenvalue weighted by Gasteiger charge is 2.11. The molecule has 1 aromatic rings. The maximum atomic E-state index is 11.6. The van der Waals surface area contributed by atoms with Crippen LogP contribution in [0.5, 0.6) is 5.75 Å². The van der Waals surface area contributed by atoms with Gasteiger partial charge in [-0.2, -0.15) is 0 Å². The number of nitrogens with one attached hydrogen (secondary N) is 1. The van der Waals surface area contributed by atoms with Gasteiger partial charge in [0.05, 0.1) is 19.2 Å². The lowest BCUT2D eigenvalue weighted by molar-refractivity contribution is -0.133. The molecular formula is C15H20N2O5. The quantitative estimate of drug-likeness (QED) is 0.766. The summed E-state index contributed by atoms with van der Waals surface area (Å²) in [4.78, 5) is 34.9. The summed E-state index contributed by atoms with van der Waals surface area (Å²) >= 11 is 0. The highest BCUT2D eigenvalue weighted by atomic mass is 16.5. The lowest BCUT2D eigenvalue weighted by Crippen LogP contribution is -2.38. The molecule has 0 unspecified atom stereocenters. The Bertz CT molecular complexity index is 571. The molecule has 1 rings (SSSR count). The number of carbonyl (C=O) groups is 3. The fourth-order valence-electron chi connectivity index (χ4n) is 1.80. The van der Waals surface area contributed by atoms with Crippen LogP contribution in [-0.2, 0) is 16.0 Å². The van der Waals surface area contributed by atoms with Crippen molar-refractivity contribution in [3.8, 4) is 5.75 Å². The zero-order valence-electron chi connectivity index (χ0n) is 12.9. The van der Waals surface area contributed by atoms with E-state index in [0.29, 0.717) is 18.7 Å². The molecule has 0 spiro atoms. The summed E-state index contributed by atoms with van der Waals surface area (Å²) in [5.41, 5.74) is 0.945. The summed E-state index contributed by atoms with van der Waals surface area (Å²) in [5, 5.41) is 11.6. The molecular weight excluding hydrogens is 288 g/mol. The number of nitrogens with zero attached hydrogens (tertiary/aromatic N) is 1. The van der Waals surface area contributed by atoms with Crippen LogP contribution >= 0.6 is 0 Å². The monoisotopic (exact) mass is 308 g/mol. The molecule has 7 heteroatoms. The average molecular weight is 308 g/mol. The smallest absolute Gasteiger partial charge is 0.335 e. The molecule has 0 aliphatic carbocycles. The average Bonchev–Trinajstić information content (AvgIpc) is 2.46. The van der Waals surface area contributed by atoms with Crippen molar-refractivity contribution < 1.29 is 24.2 Å². The number of carbonyl (C=O) groups excluding carboxylic acids is 2. The maximum absolute atomic E-state index is 11.6. The number of hydrogen-bond donors (Lipinski definition) is 2. The Morgan fingerprint density at radius 3 is 2.55 bits per heavy atom. The number of benzene rings is 1. The van der Waals surface area contributed by atoms with Crippen molar-refractivity contribution >= 4 is 17.8 Å². The molecule has 0 fully saturated rings. The van der Waals surface area contributed by atoms with Crippen molar-refractivity contribution in [1.29, 1.82) is 0 Å². The van der Waals surface area contributed by atoms with Crippen LogP contribution in [0.3, 0.4) is 0 Å². The van der Waals surface area contributed by atoms with Gasteiger partial charge in [0.25, 0.3) is 0 Å². The second-order valence-electron chi connectivity index (χ2n) is 4.81. The van der Waals surface area contributed by atoms with E-state index in [2.05, 4.69) is 5.32 Å². The predicted molar refractivity (Wildman–Crippen MR) is 80.0 cm³/mol. The molecule has 0 radical (unpaired) electrons. The first-order valence-corrected chi connectivity index (χ1v) is 6.73. The summed E-state index contributed by atoms with van der Waals surface area (Å²) < 4.78 is 5.16. The van der Waals surface area contributed by atoms with Crippen molar-refractivity contribution in [2.24, 2.45) is 0 Å². The van der Waals surface area contributed by atoms with Crippen LogP contribution in [0, 0.1) is 0 Å². The van der Waals surface area contributed by atoms with Crippen molar-refractivity contribution in [3.05, 3.63) is 29.3 Å². The highest BCUT2D eigenvalue weighted by Crippen LogP contribution is 2.20. The Hall–Kier alpha value is -2.57. The van der Waals surface area contributed by atoms with Crippen LogP contribution in [0.25, 0.3) is 0 Å². The number of amides is 2. The largest absolute Gasteiger partial charge is 0.496 e. The Kier molecular flexibility index (Phi) is 6.37. The van der Waals surface area contributed by atoms with Crippen molar-refractivity contribution in [1.82, 2.24) is 10.2 Å². The third-order valence-corrected chi connectivity index (χ3v) is 3.17. The molecule has 7 nitrogen and oxygen atoms in total. The summed E-state index contributed by atoms with van der Waals surface area (Å²) in [7, 11) is 3.01. The molecule has 0 aliphatic heterocycles. The third kappa shape index (κ3) is 5.08. The molecule has 0 saturated carbocycles. The Balaban J connectivity index is 2.56. The van der Waals surface area contributed by atoms with Crippen LogP contribution in [0.4, 0.5) is 0 Å². The molecule has 2 N–H and O–H groups in total. The minimum absolute atomic E-state index is 0.00439. The minimum atomic E-state index is -1.02. The van der Waals surface area contributed by atoms with Gasteiger partial charge in [0.2, 0.25) is 11.8 Å². The van der Waals surface area contributed by atoms with Crippen LogP contribution in [-0.4, -0.2) is 55.0 Å². The molecule has 0 aromatic heterocycles. The van der Waals surface area contributed by atoms with Gasteiger partial charge in [0.15, 0.2) is 0 Å². The molecule has 0 heterocycles. The Morgan fingerprint density at radius 1 is 1.32 bits per heavy atom. The van der Waals surface area contributed by atoms with Gasteiger partial charge in [0.1, 0.15) is 5.75 Å². The summed E-state index contributed by atoms with van der Waals surface area (Å²) in [6.45, 7) is 1.76. The molecule has 2 amide bonds. The summed E-state index contributed by atoms with van der Waals surface area (Å²) in [5.74, 6) is -0.986. The SMILES string of the molecule is COc1cc(C(=O)O)ccc1CCNC(=O)CN(C)C(C)=O. The van der Waals surface area contributed by atoms with Gasteiger partial charge >= 0.3 is 5.97 Å². The van der Waals surface area contributed by atoms with Gasteiger partial charge in [0, 0.05) is 20.5 Å². The van der Waals surface area contributed by atoms with E-state index in [1.54, 1.807) is 13.1 Å². The van der Waals surface area contributed by atoms with Gasteiger partial charge in [-0.25, -0.2) is 4.79 Å². The Morgan fingerprint density at radius 2 is 2.00 bits per heavy atom. The highest BCUT2D eigenvalue weighted by molar-refractivity contribution is 5.88. The van der Waals surface area contributed by atoms with Crippen LogP contribution in [0.15, 0.2) is 18.2 Å². The van der Waals surface area contributed by atoms with Gasteiger partial charge in [-0.3, -0.25) is 9.59 Å². The zero-order chi connectivity index (χ0) is 16.7. The fourth-order valence-corrected chi connectivity index (χ4v) is 1.80. The fraction of sp³-hybridized carbons (Fsp3) is 0.400. The van der Waals surface area contributed by atoms with E-state index in [9.17, 15) is 14.4 Å². The molecule has 0 atom stereocenters. The third-order valence-electron chi connectivity index (χ3n) is 3.17. The number of ether oxygens (including phenoxy) is 1. The van der Waals surface area contributed by atoms with E-state index in [1.165, 1.54) is 31.1 Å². The zero-order valence-corrected chi connectivity index (χ0v) is 12.9. The molecule has 22 heavy (non-hydrogen) atoms. The predicted octanol–water partition coefficient (Wildman–Crippen LogP) is 0.530. The molecule has 0 aliphatic rings. The van der Waals surface area contributed by atoms with E-state index in [-0.39, 0.29) is 23.9 Å². The standard InChI is InChI=1S/C15H20N2O5/c1-10(18)17(2)9-14(19)16-7-6-11-4-5-12(15(20)21)8-13(11)22-3/h4-5,8H,6-7,9H2,1-3H3,(H,16,19)(H,20,21). The van der Waals surface area contributed by atoms with Crippen molar-refractivity contribution in [3.63, 3.8) is 0 Å². The van der Waals surface area contributed by atoms with E-state index < -0.39 is 5.97 Å². The van der Waals surface area contributed by atoms with Crippen LogP contribution in [0.2, 0.25) is 0 Å². The lowest BCUT2D eigenvalue weighted by Gasteiger charge is -2.14. The van der Waals surface area contributed by atoms with Crippen LogP contribution < -0.4 is 10.1 Å². The van der Waals surface area contributed by atoms with E-state index in [0.717, 1.165) is 5.56 Å². The van der Waals surface area contributed by atoms with E-state index in [1.807, 2.05) is 0 Å². The molecule has 0 saturated heterocycles. The normalized spacial score (nSPS) is 9.95. The lowest BCUT2D eigenvalue weighted by atomic mass is 10.1. The number of likely N-dealkylation sites (N-methyl/N-ethyl adjacent to an activating group) is 1.